The molecule has 2 aromatic rings. The molecule has 98 valence electrons. The number of hydrogen-bond acceptors (Lipinski definition) is 2. The molecule has 0 aliphatic carbocycles. The molecule has 0 saturated heterocycles. The van der Waals surface area contributed by atoms with Gasteiger partial charge in [0.15, 0.2) is 24.0 Å². The zero-order valence-corrected chi connectivity index (χ0v) is 11.9. The molecule has 0 heterocycles. The lowest BCUT2D eigenvalue weighted by molar-refractivity contribution is 0.0919. The van der Waals surface area contributed by atoms with Gasteiger partial charge >= 0.3 is 0 Å². The number of ether oxygens (including phenoxy) is 1. The van der Waals surface area contributed by atoms with Crippen molar-refractivity contribution in [2.75, 3.05) is 6.61 Å². The highest BCUT2D eigenvalue weighted by atomic mass is 79.9. The van der Waals surface area contributed by atoms with Gasteiger partial charge in [0.25, 0.3) is 0 Å². The van der Waals surface area contributed by atoms with Crippen LogP contribution in [0.2, 0.25) is 0 Å². The summed E-state index contributed by atoms with van der Waals surface area (Å²) in [5.41, 5.74) is 1.64. The Kier molecular flexibility index (Phi) is 4.32. The number of benzene rings is 2. The highest BCUT2D eigenvalue weighted by Crippen LogP contribution is 2.21. The number of carbonyl (C=O) groups excluding carboxylic acids is 1. The average molecular weight is 323 g/mol. The molecule has 0 fully saturated rings. The molecule has 0 amide bonds. The fourth-order valence-electron chi connectivity index (χ4n) is 1.56. The van der Waals surface area contributed by atoms with Crippen LogP contribution in [0.5, 0.6) is 5.75 Å². The van der Waals surface area contributed by atoms with Crippen molar-refractivity contribution in [3.63, 3.8) is 0 Å². The standard InChI is InChI=1S/C15H12BrFO2/c1-10-2-4-11(5-3-10)14(18)9-19-15-7-6-12(16)8-13(15)17/h2-8H,9H2,1H3. The van der Waals surface area contributed by atoms with Crippen molar-refractivity contribution in [3.8, 4) is 5.75 Å². The number of Topliss-reactive ketones (excluding diaryl/α,β-unsaturated/α-hetero) is 1. The van der Waals surface area contributed by atoms with Gasteiger partial charge in [-0.25, -0.2) is 4.39 Å². The van der Waals surface area contributed by atoms with Crippen LogP contribution in [-0.4, -0.2) is 12.4 Å². The number of halogens is 2. The molecule has 2 nitrogen and oxygen atoms in total. The Morgan fingerprint density at radius 1 is 1.21 bits per heavy atom. The molecule has 19 heavy (non-hydrogen) atoms. The van der Waals surface area contributed by atoms with Crippen molar-refractivity contribution in [2.24, 2.45) is 0 Å². The molecular formula is C15H12BrFO2. The third kappa shape index (κ3) is 3.64. The van der Waals surface area contributed by atoms with E-state index in [2.05, 4.69) is 15.9 Å². The van der Waals surface area contributed by atoms with Crippen molar-refractivity contribution in [1.82, 2.24) is 0 Å². The molecule has 2 aromatic carbocycles. The highest BCUT2D eigenvalue weighted by Gasteiger charge is 2.09. The molecule has 0 spiro atoms. The van der Waals surface area contributed by atoms with Crippen LogP contribution in [0.1, 0.15) is 15.9 Å². The summed E-state index contributed by atoms with van der Waals surface area (Å²) in [5, 5.41) is 0. The zero-order chi connectivity index (χ0) is 13.8. The Morgan fingerprint density at radius 2 is 1.89 bits per heavy atom. The Hall–Kier alpha value is -1.68. The van der Waals surface area contributed by atoms with Crippen molar-refractivity contribution >= 4 is 21.7 Å². The molecular weight excluding hydrogens is 311 g/mol. The van der Waals surface area contributed by atoms with Crippen LogP contribution in [0.3, 0.4) is 0 Å². The van der Waals surface area contributed by atoms with E-state index in [4.69, 9.17) is 4.74 Å². The van der Waals surface area contributed by atoms with Crippen LogP contribution in [0.4, 0.5) is 4.39 Å². The van der Waals surface area contributed by atoms with Gasteiger partial charge in [0, 0.05) is 10.0 Å². The molecule has 0 aromatic heterocycles. The quantitative estimate of drug-likeness (QED) is 0.790. The predicted octanol–water partition coefficient (Wildman–Crippen LogP) is 4.16. The van der Waals surface area contributed by atoms with E-state index in [0.29, 0.717) is 10.0 Å². The topological polar surface area (TPSA) is 26.3 Å². The van der Waals surface area contributed by atoms with E-state index in [1.807, 2.05) is 19.1 Å². The minimum Gasteiger partial charge on any atom is -0.482 e. The van der Waals surface area contributed by atoms with Gasteiger partial charge in [-0.05, 0) is 25.1 Å². The molecule has 0 aliphatic heterocycles. The average Bonchev–Trinajstić information content (AvgIpc) is 2.38. The van der Waals surface area contributed by atoms with E-state index in [1.54, 1.807) is 18.2 Å². The smallest absolute Gasteiger partial charge is 0.200 e. The second-order valence-corrected chi connectivity index (χ2v) is 5.07. The number of hydrogen-bond donors (Lipinski definition) is 0. The summed E-state index contributed by atoms with van der Waals surface area (Å²) in [4.78, 5) is 11.9. The molecule has 2 rings (SSSR count). The van der Waals surface area contributed by atoms with Crippen molar-refractivity contribution < 1.29 is 13.9 Å². The van der Waals surface area contributed by atoms with Gasteiger partial charge in [0.2, 0.25) is 0 Å². The Balaban J connectivity index is 2.02. The summed E-state index contributed by atoms with van der Waals surface area (Å²) in [5.74, 6) is -0.600. The summed E-state index contributed by atoms with van der Waals surface area (Å²) in [6.45, 7) is 1.77. The minimum atomic E-state index is -0.494. The molecule has 0 N–H and O–H groups in total. The minimum absolute atomic E-state index is 0.0728. The number of aryl methyl sites for hydroxylation is 1. The number of ketones is 1. The fourth-order valence-corrected chi connectivity index (χ4v) is 1.89. The van der Waals surface area contributed by atoms with E-state index in [9.17, 15) is 9.18 Å². The summed E-state index contributed by atoms with van der Waals surface area (Å²) < 4.78 is 19.3. The third-order valence-electron chi connectivity index (χ3n) is 2.63. The molecule has 0 saturated carbocycles. The SMILES string of the molecule is Cc1ccc(C(=O)COc2ccc(Br)cc2F)cc1. The second kappa shape index (κ2) is 5.97. The Bertz CT molecular complexity index is 594. The Labute approximate surface area is 119 Å². The van der Waals surface area contributed by atoms with Crippen molar-refractivity contribution in [1.29, 1.82) is 0 Å². The van der Waals surface area contributed by atoms with Crippen LogP contribution in [-0.2, 0) is 0 Å². The lowest BCUT2D eigenvalue weighted by Gasteiger charge is -2.07. The van der Waals surface area contributed by atoms with E-state index in [1.165, 1.54) is 12.1 Å². The van der Waals surface area contributed by atoms with Gasteiger partial charge in [-0.1, -0.05) is 45.8 Å². The first-order valence-corrected chi connectivity index (χ1v) is 6.53. The van der Waals surface area contributed by atoms with Gasteiger partial charge in [0.05, 0.1) is 0 Å². The molecule has 0 atom stereocenters. The molecule has 4 heteroatoms. The Morgan fingerprint density at radius 3 is 2.53 bits per heavy atom. The first-order chi connectivity index (χ1) is 9.06. The van der Waals surface area contributed by atoms with E-state index in [-0.39, 0.29) is 18.1 Å². The van der Waals surface area contributed by atoms with E-state index >= 15 is 0 Å². The van der Waals surface area contributed by atoms with Crippen molar-refractivity contribution in [3.05, 3.63) is 63.9 Å². The lowest BCUT2D eigenvalue weighted by Crippen LogP contribution is -2.12. The molecule has 0 unspecified atom stereocenters. The van der Waals surface area contributed by atoms with E-state index < -0.39 is 5.82 Å². The van der Waals surface area contributed by atoms with Crippen LogP contribution in [0, 0.1) is 12.7 Å². The van der Waals surface area contributed by atoms with Crippen LogP contribution >= 0.6 is 15.9 Å². The van der Waals surface area contributed by atoms with Gasteiger partial charge in [-0.3, -0.25) is 4.79 Å². The van der Waals surface area contributed by atoms with Gasteiger partial charge < -0.3 is 4.74 Å². The summed E-state index contributed by atoms with van der Waals surface area (Å²) in [6.07, 6.45) is 0. The largest absolute Gasteiger partial charge is 0.482 e. The maximum atomic E-state index is 13.5. The number of carbonyl (C=O) groups is 1. The first kappa shape index (κ1) is 13.7. The van der Waals surface area contributed by atoms with Crippen LogP contribution < -0.4 is 4.74 Å². The molecule has 0 aliphatic rings. The molecule has 0 bridgehead atoms. The van der Waals surface area contributed by atoms with Gasteiger partial charge in [-0.2, -0.15) is 0 Å². The zero-order valence-electron chi connectivity index (χ0n) is 10.3. The fraction of sp³-hybridized carbons (Fsp3) is 0.133. The second-order valence-electron chi connectivity index (χ2n) is 4.15. The summed E-state index contributed by atoms with van der Waals surface area (Å²) >= 11 is 3.16. The first-order valence-electron chi connectivity index (χ1n) is 5.74. The monoisotopic (exact) mass is 322 g/mol. The number of rotatable bonds is 4. The molecule has 0 radical (unpaired) electrons. The predicted molar refractivity (Wildman–Crippen MR) is 75.1 cm³/mol. The third-order valence-corrected chi connectivity index (χ3v) is 3.12. The van der Waals surface area contributed by atoms with E-state index in [0.717, 1.165) is 5.56 Å². The van der Waals surface area contributed by atoms with Crippen molar-refractivity contribution in [2.45, 2.75) is 6.92 Å². The van der Waals surface area contributed by atoms with Gasteiger partial charge in [0.1, 0.15) is 0 Å². The van der Waals surface area contributed by atoms with Gasteiger partial charge in [-0.15, -0.1) is 0 Å². The van der Waals surface area contributed by atoms with Crippen LogP contribution in [0.25, 0.3) is 0 Å². The highest BCUT2D eigenvalue weighted by molar-refractivity contribution is 9.10. The maximum absolute atomic E-state index is 13.5. The summed E-state index contributed by atoms with van der Waals surface area (Å²) in [7, 11) is 0. The maximum Gasteiger partial charge on any atom is 0.200 e. The normalized spacial score (nSPS) is 10.3. The summed E-state index contributed by atoms with van der Waals surface area (Å²) in [6, 6.07) is 11.6. The van der Waals surface area contributed by atoms with Crippen LogP contribution in [0.15, 0.2) is 46.9 Å². The lowest BCUT2D eigenvalue weighted by atomic mass is 10.1.